The summed E-state index contributed by atoms with van der Waals surface area (Å²) in [5.41, 5.74) is 1.03. The van der Waals surface area contributed by atoms with E-state index >= 15 is 0 Å². The third-order valence-corrected chi connectivity index (χ3v) is 3.36. The Labute approximate surface area is 113 Å². The molecule has 4 heteroatoms. The lowest BCUT2D eigenvalue weighted by atomic mass is 10.2. The highest BCUT2D eigenvalue weighted by molar-refractivity contribution is 9.10. The molecule has 1 aliphatic rings. The molecule has 92 valence electrons. The van der Waals surface area contributed by atoms with Crippen LogP contribution in [0.4, 0.5) is 4.39 Å². The Bertz CT molecular complexity index is 584. The minimum atomic E-state index is -0.380. The molecule has 0 radical (unpaired) electrons. The van der Waals surface area contributed by atoms with Crippen LogP contribution in [0.15, 0.2) is 41.0 Å². The number of hydrogen-bond donors (Lipinski definition) is 0. The van der Waals surface area contributed by atoms with Gasteiger partial charge < -0.3 is 4.74 Å². The van der Waals surface area contributed by atoms with Gasteiger partial charge in [-0.3, -0.25) is 4.98 Å². The molecule has 0 atom stereocenters. The van der Waals surface area contributed by atoms with Gasteiger partial charge >= 0.3 is 0 Å². The number of pyridine rings is 1. The Balaban J connectivity index is 1.84. The molecule has 2 nitrogen and oxygen atoms in total. The summed E-state index contributed by atoms with van der Waals surface area (Å²) in [4.78, 5) is 4.30. The zero-order chi connectivity index (χ0) is 12.5. The molecule has 18 heavy (non-hydrogen) atoms. The maximum absolute atomic E-state index is 13.6. The van der Waals surface area contributed by atoms with E-state index in [0.717, 1.165) is 5.69 Å². The van der Waals surface area contributed by atoms with E-state index in [1.165, 1.54) is 18.9 Å². The van der Waals surface area contributed by atoms with Crippen LogP contribution in [-0.2, 0) is 0 Å². The standard InChI is InChI=1S/C14H11BrFNO/c15-10-3-4-14(12(16)7-10)18-11-5-6-17-13(8-11)9-1-2-9/h3-9H,1-2H2. The van der Waals surface area contributed by atoms with Gasteiger partial charge in [0.05, 0.1) is 0 Å². The highest BCUT2D eigenvalue weighted by Gasteiger charge is 2.25. The van der Waals surface area contributed by atoms with Crippen molar-refractivity contribution in [3.63, 3.8) is 0 Å². The van der Waals surface area contributed by atoms with E-state index in [1.807, 2.05) is 6.07 Å². The number of benzene rings is 1. The third-order valence-electron chi connectivity index (χ3n) is 2.87. The summed E-state index contributed by atoms with van der Waals surface area (Å²) in [6.07, 6.45) is 4.08. The lowest BCUT2D eigenvalue weighted by Crippen LogP contribution is -1.91. The fourth-order valence-corrected chi connectivity index (χ4v) is 2.11. The zero-order valence-electron chi connectivity index (χ0n) is 9.57. The second-order valence-corrected chi connectivity index (χ2v) is 5.28. The quantitative estimate of drug-likeness (QED) is 0.823. The van der Waals surface area contributed by atoms with Crippen molar-refractivity contribution in [3.05, 3.63) is 52.5 Å². The van der Waals surface area contributed by atoms with Crippen molar-refractivity contribution in [2.75, 3.05) is 0 Å². The van der Waals surface area contributed by atoms with Crippen LogP contribution in [-0.4, -0.2) is 4.98 Å². The largest absolute Gasteiger partial charge is 0.454 e. The topological polar surface area (TPSA) is 22.1 Å². The minimum absolute atomic E-state index is 0.228. The Morgan fingerprint density at radius 3 is 2.78 bits per heavy atom. The highest BCUT2D eigenvalue weighted by atomic mass is 79.9. The van der Waals surface area contributed by atoms with E-state index in [1.54, 1.807) is 24.4 Å². The molecule has 0 aliphatic heterocycles. The molecule has 1 saturated carbocycles. The maximum Gasteiger partial charge on any atom is 0.166 e. The molecule has 2 aromatic rings. The van der Waals surface area contributed by atoms with Crippen molar-refractivity contribution in [2.24, 2.45) is 0 Å². The van der Waals surface area contributed by atoms with Gasteiger partial charge in [-0.1, -0.05) is 15.9 Å². The average Bonchev–Trinajstić information content (AvgIpc) is 3.17. The normalized spacial score (nSPS) is 14.6. The summed E-state index contributed by atoms with van der Waals surface area (Å²) in [5, 5.41) is 0. The molecule has 1 heterocycles. The first-order chi connectivity index (χ1) is 8.72. The highest BCUT2D eigenvalue weighted by Crippen LogP contribution is 2.40. The van der Waals surface area contributed by atoms with E-state index in [4.69, 9.17) is 4.74 Å². The summed E-state index contributed by atoms with van der Waals surface area (Å²) in [7, 11) is 0. The number of nitrogens with zero attached hydrogens (tertiary/aromatic N) is 1. The zero-order valence-corrected chi connectivity index (χ0v) is 11.2. The first kappa shape index (κ1) is 11.7. The summed E-state index contributed by atoms with van der Waals surface area (Å²) in [5.74, 6) is 1.04. The van der Waals surface area contributed by atoms with Gasteiger partial charge in [-0.25, -0.2) is 4.39 Å². The number of ether oxygens (including phenoxy) is 1. The number of hydrogen-bond acceptors (Lipinski definition) is 2. The van der Waals surface area contributed by atoms with Gasteiger partial charge in [0, 0.05) is 28.3 Å². The molecule has 0 N–H and O–H groups in total. The van der Waals surface area contributed by atoms with Crippen LogP contribution in [0.3, 0.4) is 0 Å². The van der Waals surface area contributed by atoms with Crippen LogP contribution in [0, 0.1) is 5.82 Å². The van der Waals surface area contributed by atoms with Gasteiger partial charge in [0.1, 0.15) is 5.75 Å². The van der Waals surface area contributed by atoms with Crippen LogP contribution in [0.5, 0.6) is 11.5 Å². The number of aromatic nitrogens is 1. The molecule has 1 aromatic heterocycles. The Kier molecular flexibility index (Phi) is 3.04. The smallest absolute Gasteiger partial charge is 0.166 e. The van der Waals surface area contributed by atoms with Crippen LogP contribution in [0.1, 0.15) is 24.5 Å². The van der Waals surface area contributed by atoms with E-state index in [2.05, 4.69) is 20.9 Å². The van der Waals surface area contributed by atoms with Crippen molar-refractivity contribution < 1.29 is 9.13 Å². The summed E-state index contributed by atoms with van der Waals surface area (Å²) in [6, 6.07) is 8.38. The van der Waals surface area contributed by atoms with Crippen molar-refractivity contribution in [2.45, 2.75) is 18.8 Å². The first-order valence-electron chi connectivity index (χ1n) is 5.81. The van der Waals surface area contributed by atoms with Gasteiger partial charge in [0.25, 0.3) is 0 Å². The monoisotopic (exact) mass is 307 g/mol. The molecule has 0 bridgehead atoms. The predicted octanol–water partition coefficient (Wildman–Crippen LogP) is 4.65. The van der Waals surface area contributed by atoms with E-state index < -0.39 is 0 Å². The molecule has 0 saturated heterocycles. The average molecular weight is 308 g/mol. The van der Waals surface area contributed by atoms with Crippen LogP contribution >= 0.6 is 15.9 Å². The van der Waals surface area contributed by atoms with E-state index in [-0.39, 0.29) is 11.6 Å². The molecule has 0 spiro atoms. The van der Waals surface area contributed by atoms with Gasteiger partial charge in [-0.15, -0.1) is 0 Å². The Morgan fingerprint density at radius 2 is 2.06 bits per heavy atom. The van der Waals surface area contributed by atoms with Crippen LogP contribution < -0.4 is 4.74 Å². The maximum atomic E-state index is 13.6. The fraction of sp³-hybridized carbons (Fsp3) is 0.214. The second kappa shape index (κ2) is 4.69. The number of rotatable bonds is 3. The van der Waals surface area contributed by atoms with Gasteiger partial charge in [-0.2, -0.15) is 0 Å². The molecular weight excluding hydrogens is 297 g/mol. The molecule has 0 amide bonds. The summed E-state index contributed by atoms with van der Waals surface area (Å²) < 4.78 is 19.9. The molecule has 1 aliphatic carbocycles. The van der Waals surface area contributed by atoms with Crippen molar-refractivity contribution in [3.8, 4) is 11.5 Å². The van der Waals surface area contributed by atoms with Crippen molar-refractivity contribution >= 4 is 15.9 Å². The minimum Gasteiger partial charge on any atom is -0.454 e. The molecule has 3 rings (SSSR count). The Morgan fingerprint density at radius 1 is 1.22 bits per heavy atom. The van der Waals surface area contributed by atoms with Gasteiger partial charge in [0.2, 0.25) is 0 Å². The number of halogens is 2. The summed E-state index contributed by atoms with van der Waals surface area (Å²) in [6.45, 7) is 0. The van der Waals surface area contributed by atoms with Crippen molar-refractivity contribution in [1.29, 1.82) is 0 Å². The summed E-state index contributed by atoms with van der Waals surface area (Å²) >= 11 is 3.22. The third kappa shape index (κ3) is 2.53. The Hall–Kier alpha value is -1.42. The predicted molar refractivity (Wildman–Crippen MR) is 70.4 cm³/mol. The van der Waals surface area contributed by atoms with E-state index in [0.29, 0.717) is 16.1 Å². The second-order valence-electron chi connectivity index (χ2n) is 4.37. The SMILES string of the molecule is Fc1cc(Br)ccc1Oc1ccnc(C2CC2)c1. The van der Waals surface area contributed by atoms with E-state index in [9.17, 15) is 4.39 Å². The van der Waals surface area contributed by atoms with Crippen LogP contribution in [0.25, 0.3) is 0 Å². The van der Waals surface area contributed by atoms with Crippen LogP contribution in [0.2, 0.25) is 0 Å². The lowest BCUT2D eigenvalue weighted by Gasteiger charge is -2.08. The van der Waals surface area contributed by atoms with Gasteiger partial charge in [0.15, 0.2) is 11.6 Å². The molecule has 0 unspecified atom stereocenters. The van der Waals surface area contributed by atoms with Gasteiger partial charge in [-0.05, 0) is 37.1 Å². The molecule has 1 fully saturated rings. The molecule has 1 aromatic carbocycles. The fourth-order valence-electron chi connectivity index (χ4n) is 1.78. The lowest BCUT2D eigenvalue weighted by molar-refractivity contribution is 0.441. The first-order valence-corrected chi connectivity index (χ1v) is 6.60. The molecular formula is C14H11BrFNO. The van der Waals surface area contributed by atoms with Crippen molar-refractivity contribution in [1.82, 2.24) is 4.98 Å².